The Bertz CT molecular complexity index is 1320. The second kappa shape index (κ2) is 12.8. The number of para-hydroxylation sites is 2. The molecule has 0 saturated heterocycles. The third-order valence-electron chi connectivity index (χ3n) is 6.13. The van der Waals surface area contributed by atoms with Crippen molar-refractivity contribution in [2.75, 3.05) is 27.2 Å². The monoisotopic (exact) mass is 528 g/mol. The van der Waals surface area contributed by atoms with Gasteiger partial charge >= 0.3 is 41.5 Å². The molecule has 38 heavy (non-hydrogen) atoms. The minimum atomic E-state index is -1.27. The quantitative estimate of drug-likeness (QED) is 0.154. The molecule has 0 aliphatic heterocycles. The summed E-state index contributed by atoms with van der Waals surface area (Å²) >= 11 is 0. The number of quaternary nitrogens is 1. The molecule has 0 radical (unpaired) electrons. The first-order valence-corrected chi connectivity index (χ1v) is 12.3. The molecule has 0 aliphatic carbocycles. The van der Waals surface area contributed by atoms with Crippen LogP contribution in [0.5, 0.6) is 11.5 Å². The Kier molecular flexibility index (Phi) is 9.98. The van der Waals surface area contributed by atoms with Crippen LogP contribution in [0.2, 0.25) is 0 Å². The summed E-state index contributed by atoms with van der Waals surface area (Å²) < 4.78 is 17.9. The minimum absolute atomic E-state index is 0. The van der Waals surface area contributed by atoms with E-state index in [1.54, 1.807) is 12.1 Å². The van der Waals surface area contributed by atoms with Crippen LogP contribution in [0.15, 0.2) is 77.2 Å². The molecule has 196 valence electrons. The van der Waals surface area contributed by atoms with Crippen molar-refractivity contribution in [3.8, 4) is 11.5 Å². The Labute approximate surface area is 245 Å². The van der Waals surface area contributed by atoms with E-state index < -0.39 is 11.6 Å². The first-order chi connectivity index (χ1) is 17.6. The van der Waals surface area contributed by atoms with Gasteiger partial charge in [0.15, 0.2) is 11.2 Å². The standard InChI is InChI=1S/C29H33N3O5.Na.H/c1-29(2,27(33)34)37-23-15-13-21(14-16-23)20-30-17-8-18-35-24-10-7-9-22(19-24)32(3,4)28-31-25-11-5-6-12-26(25)36-28;;/h5-7,9-16,19,30H,8,17-18,20H2,1-4H3;;/p+1. The number of ether oxygens (including phenoxy) is 2. The molecule has 0 aliphatic rings. The summed E-state index contributed by atoms with van der Waals surface area (Å²) in [5.74, 6) is 0.336. The number of carbonyl (C=O) groups is 1. The van der Waals surface area contributed by atoms with Gasteiger partial charge in [-0.05, 0) is 68.8 Å². The normalized spacial score (nSPS) is 11.7. The van der Waals surface area contributed by atoms with Crippen LogP contribution in [0, 0.1) is 0 Å². The van der Waals surface area contributed by atoms with Gasteiger partial charge in [-0.3, -0.25) is 0 Å². The second-order valence-electron chi connectivity index (χ2n) is 9.86. The molecule has 4 aromatic rings. The van der Waals surface area contributed by atoms with Gasteiger partial charge in [0.2, 0.25) is 0 Å². The molecule has 4 rings (SSSR count). The molecule has 0 unspecified atom stereocenters. The fourth-order valence-corrected chi connectivity index (χ4v) is 3.76. The van der Waals surface area contributed by atoms with E-state index in [0.29, 0.717) is 29.4 Å². The Morgan fingerprint density at radius 2 is 1.76 bits per heavy atom. The molecule has 3 aromatic carbocycles. The number of oxazole rings is 1. The van der Waals surface area contributed by atoms with Crippen molar-refractivity contribution < 1.29 is 23.8 Å². The van der Waals surface area contributed by atoms with Crippen LogP contribution in [0.4, 0.5) is 11.7 Å². The number of carboxylic acid groups (broad SMARTS) is 1. The molecule has 0 bridgehead atoms. The van der Waals surface area contributed by atoms with Gasteiger partial charge in [0, 0.05) is 12.6 Å². The summed E-state index contributed by atoms with van der Waals surface area (Å²) in [6, 6.07) is 23.8. The Balaban J connectivity index is 0.00000400. The van der Waals surface area contributed by atoms with Crippen molar-refractivity contribution >= 4 is 58.3 Å². The maximum absolute atomic E-state index is 11.2. The molecule has 1 aromatic heterocycles. The SMILES string of the molecule is CC(C)(Oc1ccc(CNCCCOc2cccc([N+](C)(C)c3nc4ccccc4o3)c2)cc1)C(=O)O.[NaH]. The molecule has 0 spiro atoms. The molecule has 0 atom stereocenters. The molecular formula is C29H35N3NaO5+. The average molecular weight is 529 g/mol. The summed E-state index contributed by atoms with van der Waals surface area (Å²) in [4.78, 5) is 15.9. The van der Waals surface area contributed by atoms with Crippen molar-refractivity contribution in [1.82, 2.24) is 14.8 Å². The molecule has 0 amide bonds. The zero-order valence-electron chi connectivity index (χ0n) is 21.7. The number of nitrogens with zero attached hydrogens (tertiary/aromatic N) is 2. The predicted molar refractivity (Wildman–Crippen MR) is 152 cm³/mol. The van der Waals surface area contributed by atoms with E-state index >= 15 is 0 Å². The van der Waals surface area contributed by atoms with Crippen LogP contribution < -0.4 is 19.3 Å². The van der Waals surface area contributed by atoms with E-state index in [4.69, 9.17) is 13.9 Å². The van der Waals surface area contributed by atoms with Gasteiger partial charge in [0.05, 0.1) is 20.7 Å². The van der Waals surface area contributed by atoms with Gasteiger partial charge in [-0.25, -0.2) is 9.28 Å². The van der Waals surface area contributed by atoms with Gasteiger partial charge in [-0.2, -0.15) is 4.98 Å². The van der Waals surface area contributed by atoms with E-state index in [-0.39, 0.29) is 29.6 Å². The summed E-state index contributed by atoms with van der Waals surface area (Å²) in [6.45, 7) is 5.15. The number of rotatable bonds is 12. The first kappa shape index (κ1) is 29.7. The van der Waals surface area contributed by atoms with Crippen LogP contribution in [-0.2, 0) is 11.3 Å². The van der Waals surface area contributed by atoms with Crippen LogP contribution in [0.25, 0.3) is 11.1 Å². The van der Waals surface area contributed by atoms with Crippen molar-refractivity contribution in [3.63, 3.8) is 0 Å². The molecule has 0 fully saturated rings. The van der Waals surface area contributed by atoms with Crippen LogP contribution in [0.3, 0.4) is 0 Å². The summed E-state index contributed by atoms with van der Waals surface area (Å²) in [7, 11) is 4.08. The number of benzene rings is 3. The van der Waals surface area contributed by atoms with Crippen LogP contribution in [0.1, 0.15) is 25.8 Å². The number of hydrogen-bond donors (Lipinski definition) is 2. The van der Waals surface area contributed by atoms with Crippen molar-refractivity contribution in [2.24, 2.45) is 0 Å². The third kappa shape index (κ3) is 7.36. The third-order valence-corrected chi connectivity index (χ3v) is 6.13. The van der Waals surface area contributed by atoms with Crippen molar-refractivity contribution in [3.05, 3.63) is 78.4 Å². The van der Waals surface area contributed by atoms with Gasteiger partial charge in [0.25, 0.3) is 0 Å². The van der Waals surface area contributed by atoms with Gasteiger partial charge in [-0.1, -0.05) is 30.3 Å². The zero-order chi connectivity index (χ0) is 26.5. The molecule has 9 heteroatoms. The van der Waals surface area contributed by atoms with E-state index in [1.807, 2.05) is 74.8 Å². The Morgan fingerprint density at radius 1 is 1.03 bits per heavy atom. The number of carboxylic acids is 1. The summed E-state index contributed by atoms with van der Waals surface area (Å²) in [5.41, 5.74) is 2.46. The van der Waals surface area contributed by atoms with E-state index in [1.165, 1.54) is 13.8 Å². The average Bonchev–Trinajstić information content (AvgIpc) is 3.32. The van der Waals surface area contributed by atoms with Crippen LogP contribution in [-0.4, -0.2) is 78.5 Å². The van der Waals surface area contributed by atoms with E-state index in [9.17, 15) is 9.90 Å². The van der Waals surface area contributed by atoms with Crippen LogP contribution >= 0.6 is 0 Å². The van der Waals surface area contributed by atoms with Crippen molar-refractivity contribution in [1.29, 1.82) is 0 Å². The van der Waals surface area contributed by atoms with Crippen molar-refractivity contribution in [2.45, 2.75) is 32.4 Å². The first-order valence-electron chi connectivity index (χ1n) is 12.3. The van der Waals surface area contributed by atoms with Gasteiger partial charge in [-0.15, -0.1) is 0 Å². The molecule has 1 heterocycles. The number of aliphatic carboxylic acids is 1. The Hall–Kier alpha value is -2.88. The molecule has 0 saturated carbocycles. The van der Waals surface area contributed by atoms with E-state index in [2.05, 4.69) is 10.3 Å². The number of nitrogens with one attached hydrogen (secondary N) is 1. The maximum atomic E-state index is 11.2. The molecule has 8 nitrogen and oxygen atoms in total. The topological polar surface area (TPSA) is 93.8 Å². The van der Waals surface area contributed by atoms with Gasteiger partial charge < -0.3 is 24.3 Å². The fraction of sp³-hybridized carbons (Fsp3) is 0.310. The molecule has 2 N–H and O–H groups in total. The molecular weight excluding hydrogens is 493 g/mol. The predicted octanol–water partition coefficient (Wildman–Crippen LogP) is 4.88. The van der Waals surface area contributed by atoms with E-state index in [0.717, 1.165) is 41.1 Å². The second-order valence-corrected chi connectivity index (χ2v) is 9.86. The zero-order valence-corrected chi connectivity index (χ0v) is 21.7. The van der Waals surface area contributed by atoms with Gasteiger partial charge in [0.1, 0.15) is 22.7 Å². The fourth-order valence-electron chi connectivity index (χ4n) is 3.76. The number of aromatic nitrogens is 1. The summed E-state index contributed by atoms with van der Waals surface area (Å²) in [5, 5.41) is 12.6. The Morgan fingerprint density at radius 3 is 2.47 bits per heavy atom. The number of hydrogen-bond acceptors (Lipinski definition) is 6. The number of fused-ring (bicyclic) bond motifs is 1. The summed E-state index contributed by atoms with van der Waals surface area (Å²) in [6.07, 6.45) is 0.849.